The maximum atomic E-state index is 12.8. The number of rotatable bonds is 7. The van der Waals surface area contributed by atoms with E-state index in [1.807, 2.05) is 25.7 Å². The number of nitrogens with one attached hydrogen (secondary N) is 1. The standard InChI is InChI=1S/C21H40N4O2/c1-6-8-13-23-19(22-7-2)24-14-11-18(12-15-24)25(16-17-9-10-17)20(26)27-21(3,4)5/h17-18H,6-16H2,1-5H3,(H,22,23). The molecule has 1 saturated carbocycles. The summed E-state index contributed by atoms with van der Waals surface area (Å²) in [6.07, 6.45) is 6.58. The van der Waals surface area contributed by atoms with Crippen LogP contribution in [0.5, 0.6) is 0 Å². The largest absolute Gasteiger partial charge is 0.444 e. The van der Waals surface area contributed by atoms with Crippen LogP contribution in [-0.2, 0) is 4.74 Å². The molecule has 2 aliphatic rings. The van der Waals surface area contributed by atoms with E-state index in [9.17, 15) is 4.79 Å². The predicted octanol–water partition coefficient (Wildman–Crippen LogP) is 3.86. The molecule has 0 unspecified atom stereocenters. The third-order valence-electron chi connectivity index (χ3n) is 5.09. The summed E-state index contributed by atoms with van der Waals surface area (Å²) in [5, 5.41) is 3.42. The van der Waals surface area contributed by atoms with Crippen molar-refractivity contribution in [3.8, 4) is 0 Å². The fourth-order valence-corrected chi connectivity index (χ4v) is 3.43. The molecule has 0 aromatic rings. The number of aliphatic imine (C=N–C) groups is 1. The van der Waals surface area contributed by atoms with Crippen molar-refractivity contribution in [3.05, 3.63) is 0 Å². The first-order valence-electron chi connectivity index (χ1n) is 10.9. The molecule has 0 radical (unpaired) electrons. The minimum Gasteiger partial charge on any atom is -0.444 e. The summed E-state index contributed by atoms with van der Waals surface area (Å²) >= 11 is 0. The Kier molecular flexibility index (Phi) is 8.24. The van der Waals surface area contributed by atoms with Crippen molar-refractivity contribution in [2.75, 3.05) is 32.7 Å². The number of carbonyl (C=O) groups is 1. The van der Waals surface area contributed by atoms with Gasteiger partial charge in [0.25, 0.3) is 0 Å². The number of guanidine groups is 1. The lowest BCUT2D eigenvalue weighted by atomic mass is 10.0. The number of carbonyl (C=O) groups excluding carboxylic acids is 1. The van der Waals surface area contributed by atoms with E-state index in [0.29, 0.717) is 5.92 Å². The monoisotopic (exact) mass is 380 g/mol. The second kappa shape index (κ2) is 10.2. The van der Waals surface area contributed by atoms with Gasteiger partial charge in [-0.2, -0.15) is 0 Å². The highest BCUT2D eigenvalue weighted by molar-refractivity contribution is 5.80. The Morgan fingerprint density at radius 2 is 1.85 bits per heavy atom. The first-order valence-corrected chi connectivity index (χ1v) is 10.9. The smallest absolute Gasteiger partial charge is 0.410 e. The molecule has 0 spiro atoms. The zero-order valence-electron chi connectivity index (χ0n) is 18.1. The quantitative estimate of drug-likeness (QED) is 0.414. The molecule has 2 fully saturated rings. The maximum absolute atomic E-state index is 12.8. The first-order chi connectivity index (χ1) is 12.8. The summed E-state index contributed by atoms with van der Waals surface area (Å²) in [6, 6.07) is 0.273. The fourth-order valence-electron chi connectivity index (χ4n) is 3.43. The average Bonchev–Trinajstić information content (AvgIpc) is 3.42. The summed E-state index contributed by atoms with van der Waals surface area (Å²) in [4.78, 5) is 21.9. The lowest BCUT2D eigenvalue weighted by Gasteiger charge is -2.40. The Morgan fingerprint density at radius 3 is 2.37 bits per heavy atom. The van der Waals surface area contributed by atoms with Crippen LogP contribution in [0.15, 0.2) is 4.99 Å². The van der Waals surface area contributed by atoms with Gasteiger partial charge >= 0.3 is 6.09 Å². The van der Waals surface area contributed by atoms with E-state index in [1.54, 1.807) is 0 Å². The molecule has 6 heteroatoms. The molecule has 6 nitrogen and oxygen atoms in total. The van der Waals surface area contributed by atoms with Crippen molar-refractivity contribution in [1.82, 2.24) is 15.1 Å². The normalized spacial score (nSPS) is 19.1. The van der Waals surface area contributed by atoms with E-state index < -0.39 is 5.60 Å². The van der Waals surface area contributed by atoms with Gasteiger partial charge in [-0.15, -0.1) is 0 Å². The van der Waals surface area contributed by atoms with Crippen LogP contribution < -0.4 is 5.32 Å². The summed E-state index contributed by atoms with van der Waals surface area (Å²) in [5.41, 5.74) is -0.441. The molecule has 0 bridgehead atoms. The van der Waals surface area contributed by atoms with E-state index in [4.69, 9.17) is 9.73 Å². The minimum atomic E-state index is -0.441. The zero-order valence-corrected chi connectivity index (χ0v) is 18.1. The van der Waals surface area contributed by atoms with Crippen molar-refractivity contribution in [2.24, 2.45) is 10.9 Å². The number of likely N-dealkylation sites (tertiary alicyclic amines) is 1. The van der Waals surface area contributed by atoms with Crippen LogP contribution in [0.2, 0.25) is 0 Å². The lowest BCUT2D eigenvalue weighted by molar-refractivity contribution is 0.00928. The third-order valence-corrected chi connectivity index (χ3v) is 5.09. The van der Waals surface area contributed by atoms with Gasteiger partial charge < -0.3 is 19.9 Å². The molecule has 1 amide bonds. The van der Waals surface area contributed by atoms with Crippen LogP contribution in [0.25, 0.3) is 0 Å². The van der Waals surface area contributed by atoms with Gasteiger partial charge in [-0.25, -0.2) is 4.79 Å². The Labute approximate surface area is 165 Å². The molecular weight excluding hydrogens is 340 g/mol. The number of piperidine rings is 1. The van der Waals surface area contributed by atoms with Gasteiger partial charge in [-0.3, -0.25) is 4.99 Å². The lowest BCUT2D eigenvalue weighted by Crippen LogP contribution is -2.52. The van der Waals surface area contributed by atoms with E-state index in [-0.39, 0.29) is 12.1 Å². The van der Waals surface area contributed by atoms with Gasteiger partial charge in [-0.1, -0.05) is 13.3 Å². The first kappa shape index (κ1) is 21.8. The molecule has 1 saturated heterocycles. The van der Waals surface area contributed by atoms with Crippen LogP contribution in [0.3, 0.4) is 0 Å². The molecule has 0 aromatic heterocycles. The highest BCUT2D eigenvalue weighted by Gasteiger charge is 2.35. The minimum absolute atomic E-state index is 0.142. The second-order valence-corrected chi connectivity index (χ2v) is 8.88. The van der Waals surface area contributed by atoms with Crippen molar-refractivity contribution >= 4 is 12.1 Å². The van der Waals surface area contributed by atoms with Gasteiger partial charge in [0, 0.05) is 38.8 Å². The topological polar surface area (TPSA) is 57.2 Å². The Balaban J connectivity index is 1.95. The van der Waals surface area contributed by atoms with Crippen molar-refractivity contribution in [3.63, 3.8) is 0 Å². The predicted molar refractivity (Wildman–Crippen MR) is 111 cm³/mol. The molecule has 0 atom stereocenters. The number of hydrogen-bond acceptors (Lipinski definition) is 3. The van der Waals surface area contributed by atoms with E-state index in [0.717, 1.165) is 64.4 Å². The zero-order chi connectivity index (χ0) is 19.9. The van der Waals surface area contributed by atoms with Crippen LogP contribution in [-0.4, -0.2) is 66.2 Å². The molecule has 1 aliphatic carbocycles. The number of nitrogens with zero attached hydrogens (tertiary/aromatic N) is 3. The van der Waals surface area contributed by atoms with Crippen LogP contribution >= 0.6 is 0 Å². The molecule has 156 valence electrons. The van der Waals surface area contributed by atoms with Gasteiger partial charge in [0.2, 0.25) is 0 Å². The fraction of sp³-hybridized carbons (Fsp3) is 0.905. The number of unbranched alkanes of at least 4 members (excludes halogenated alkanes) is 1. The van der Waals surface area contributed by atoms with Crippen molar-refractivity contribution in [2.45, 2.75) is 84.8 Å². The maximum Gasteiger partial charge on any atom is 0.410 e. The molecule has 1 aliphatic heterocycles. The number of ether oxygens (including phenoxy) is 1. The molecule has 0 aromatic carbocycles. The Bertz CT molecular complexity index is 489. The third kappa shape index (κ3) is 7.59. The number of amides is 1. The summed E-state index contributed by atoms with van der Waals surface area (Å²) < 4.78 is 5.70. The van der Waals surface area contributed by atoms with Gasteiger partial charge in [-0.05, 0) is 65.7 Å². The SMILES string of the molecule is CCCCN=C(NCC)N1CCC(N(CC2CC2)C(=O)OC(C)(C)C)CC1. The second-order valence-electron chi connectivity index (χ2n) is 8.88. The van der Waals surface area contributed by atoms with Crippen LogP contribution in [0.4, 0.5) is 4.79 Å². The van der Waals surface area contributed by atoms with Crippen LogP contribution in [0.1, 0.15) is 73.1 Å². The highest BCUT2D eigenvalue weighted by Crippen LogP contribution is 2.32. The van der Waals surface area contributed by atoms with Crippen LogP contribution in [0, 0.1) is 5.92 Å². The molecular formula is C21H40N4O2. The summed E-state index contributed by atoms with van der Waals surface area (Å²) in [6.45, 7) is 14.6. The summed E-state index contributed by atoms with van der Waals surface area (Å²) in [5.74, 6) is 1.69. The van der Waals surface area contributed by atoms with Gasteiger partial charge in [0.15, 0.2) is 5.96 Å². The number of hydrogen-bond donors (Lipinski definition) is 1. The van der Waals surface area contributed by atoms with Gasteiger partial charge in [0.1, 0.15) is 5.60 Å². The summed E-state index contributed by atoms with van der Waals surface area (Å²) in [7, 11) is 0. The van der Waals surface area contributed by atoms with Crippen molar-refractivity contribution < 1.29 is 9.53 Å². The Hall–Kier alpha value is -1.46. The average molecular weight is 381 g/mol. The van der Waals surface area contributed by atoms with E-state index in [2.05, 4.69) is 24.1 Å². The Morgan fingerprint density at radius 1 is 1.19 bits per heavy atom. The highest BCUT2D eigenvalue weighted by atomic mass is 16.6. The van der Waals surface area contributed by atoms with E-state index >= 15 is 0 Å². The molecule has 1 N–H and O–H groups in total. The van der Waals surface area contributed by atoms with Crippen molar-refractivity contribution in [1.29, 1.82) is 0 Å². The molecule has 1 heterocycles. The molecule has 2 rings (SSSR count). The molecule has 27 heavy (non-hydrogen) atoms. The van der Waals surface area contributed by atoms with Gasteiger partial charge in [0.05, 0.1) is 0 Å². The van der Waals surface area contributed by atoms with E-state index in [1.165, 1.54) is 12.8 Å².